The zero-order valence-corrected chi connectivity index (χ0v) is 18.4. The number of carboxylic acids is 1. The second-order valence-electron chi connectivity index (χ2n) is 8.00. The lowest BCUT2D eigenvalue weighted by atomic mass is 9.91. The summed E-state index contributed by atoms with van der Waals surface area (Å²) in [7, 11) is 1.44. The predicted octanol–water partition coefficient (Wildman–Crippen LogP) is 4.34. The fourth-order valence-corrected chi connectivity index (χ4v) is 3.95. The number of nitrogens with zero attached hydrogens (tertiary/aromatic N) is 1. The second-order valence-corrected chi connectivity index (χ2v) is 8.00. The number of carbonyl (C=O) groups is 1. The average Bonchev–Trinajstić information content (AvgIpc) is 2.75. The van der Waals surface area contributed by atoms with E-state index in [0.717, 1.165) is 43.0 Å². The monoisotopic (exact) mass is 430 g/mol. The molecule has 0 spiro atoms. The Hall–Kier alpha value is -2.80. The predicted molar refractivity (Wildman–Crippen MR) is 120 cm³/mol. The van der Waals surface area contributed by atoms with Crippen molar-refractivity contribution in [3.8, 4) is 5.75 Å². The molecular formula is C24H31FN2O4. The van der Waals surface area contributed by atoms with E-state index in [4.69, 9.17) is 9.47 Å². The number of halogens is 1. The van der Waals surface area contributed by atoms with Crippen molar-refractivity contribution in [2.24, 2.45) is 0 Å². The average molecular weight is 431 g/mol. The van der Waals surface area contributed by atoms with Crippen molar-refractivity contribution < 1.29 is 23.8 Å². The maximum absolute atomic E-state index is 13.5. The molecule has 0 saturated carbocycles. The highest BCUT2D eigenvalue weighted by Crippen LogP contribution is 2.34. The van der Waals surface area contributed by atoms with Crippen LogP contribution in [0.2, 0.25) is 0 Å². The molecule has 7 heteroatoms. The molecule has 168 valence electrons. The van der Waals surface area contributed by atoms with Crippen LogP contribution in [0, 0.1) is 5.82 Å². The summed E-state index contributed by atoms with van der Waals surface area (Å²) in [5.74, 6) is -0.632. The maximum Gasteiger partial charge on any atom is 0.336 e. The van der Waals surface area contributed by atoms with E-state index in [2.05, 4.69) is 10.2 Å². The topological polar surface area (TPSA) is 71.0 Å². The Balaban J connectivity index is 1.51. The molecule has 3 rings (SSSR count). The van der Waals surface area contributed by atoms with Gasteiger partial charge in [-0.2, -0.15) is 0 Å². The number of hydrogen-bond acceptors (Lipinski definition) is 5. The van der Waals surface area contributed by atoms with E-state index in [9.17, 15) is 14.3 Å². The fraction of sp³-hybridized carbons (Fsp3) is 0.458. The van der Waals surface area contributed by atoms with E-state index in [1.54, 1.807) is 6.07 Å². The molecule has 0 radical (unpaired) electrons. The zero-order valence-electron chi connectivity index (χ0n) is 18.4. The molecule has 0 amide bonds. The summed E-state index contributed by atoms with van der Waals surface area (Å²) in [6, 6.07) is 12.5. The quantitative estimate of drug-likeness (QED) is 0.547. The summed E-state index contributed by atoms with van der Waals surface area (Å²) in [6.45, 7) is 6.20. The van der Waals surface area contributed by atoms with Gasteiger partial charge in [0.1, 0.15) is 17.7 Å². The fourth-order valence-electron chi connectivity index (χ4n) is 3.95. The lowest BCUT2D eigenvalue weighted by Crippen LogP contribution is -2.42. The molecule has 1 heterocycles. The van der Waals surface area contributed by atoms with Crippen LogP contribution in [0.5, 0.6) is 5.75 Å². The van der Waals surface area contributed by atoms with E-state index in [-0.39, 0.29) is 11.9 Å². The largest absolute Gasteiger partial charge is 0.487 e. The number of benzene rings is 2. The standard InChI is InChI=1S/C24H31FN2O4/c1-4-24(30-3,23(28)29)15-18-6-9-20(10-7-18)26-12-5-13-27-16-17(2)31-22-14-19(25)8-11-21(22)27/h6-11,14,17,26H,4-5,12-13,15-16H2,1-3H3,(H,28,29). The van der Waals surface area contributed by atoms with Gasteiger partial charge in [0.2, 0.25) is 0 Å². The van der Waals surface area contributed by atoms with Crippen molar-refractivity contribution in [2.75, 3.05) is 37.0 Å². The van der Waals surface area contributed by atoms with Gasteiger partial charge < -0.3 is 24.8 Å². The molecule has 0 aromatic heterocycles. The van der Waals surface area contributed by atoms with Gasteiger partial charge in [-0.3, -0.25) is 0 Å². The first kappa shape index (κ1) is 22.9. The highest BCUT2D eigenvalue weighted by atomic mass is 19.1. The smallest absolute Gasteiger partial charge is 0.336 e. The van der Waals surface area contributed by atoms with Gasteiger partial charge in [0.15, 0.2) is 5.60 Å². The molecule has 2 N–H and O–H groups in total. The Kier molecular flexibility index (Phi) is 7.38. The van der Waals surface area contributed by atoms with Crippen LogP contribution in [-0.2, 0) is 16.0 Å². The molecule has 2 aromatic rings. The summed E-state index contributed by atoms with van der Waals surface area (Å²) in [5.41, 5.74) is 1.64. The van der Waals surface area contributed by atoms with Crippen molar-refractivity contribution in [3.63, 3.8) is 0 Å². The summed E-state index contributed by atoms with van der Waals surface area (Å²) in [4.78, 5) is 13.8. The van der Waals surface area contributed by atoms with Gasteiger partial charge in [-0.1, -0.05) is 19.1 Å². The minimum Gasteiger partial charge on any atom is -0.487 e. The van der Waals surface area contributed by atoms with Gasteiger partial charge in [-0.05, 0) is 49.6 Å². The summed E-state index contributed by atoms with van der Waals surface area (Å²) < 4.78 is 24.6. The first-order valence-corrected chi connectivity index (χ1v) is 10.7. The number of methoxy groups -OCH3 is 1. The lowest BCUT2D eigenvalue weighted by Gasteiger charge is -2.35. The van der Waals surface area contributed by atoms with Crippen molar-refractivity contribution in [2.45, 2.75) is 44.8 Å². The third-order valence-electron chi connectivity index (χ3n) is 5.80. The first-order valence-electron chi connectivity index (χ1n) is 10.7. The molecule has 2 aromatic carbocycles. The number of nitrogens with one attached hydrogen (secondary N) is 1. The van der Waals surface area contributed by atoms with E-state index in [1.165, 1.54) is 19.2 Å². The minimum atomic E-state index is -1.19. The van der Waals surface area contributed by atoms with Crippen LogP contribution in [0.3, 0.4) is 0 Å². The van der Waals surface area contributed by atoms with Crippen molar-refractivity contribution in [3.05, 3.63) is 53.8 Å². The molecule has 0 aliphatic carbocycles. The maximum atomic E-state index is 13.5. The number of carboxylic acid groups (broad SMARTS) is 1. The van der Waals surface area contributed by atoms with Crippen LogP contribution in [0.4, 0.5) is 15.8 Å². The van der Waals surface area contributed by atoms with Crippen molar-refractivity contribution >= 4 is 17.3 Å². The highest BCUT2D eigenvalue weighted by Gasteiger charge is 2.36. The van der Waals surface area contributed by atoms with Crippen LogP contribution in [-0.4, -0.2) is 49.5 Å². The van der Waals surface area contributed by atoms with Crippen LogP contribution in [0.1, 0.15) is 32.3 Å². The normalized spacial score (nSPS) is 17.4. The summed E-state index contributed by atoms with van der Waals surface area (Å²) in [6.07, 6.45) is 1.65. The third kappa shape index (κ3) is 5.47. The zero-order chi connectivity index (χ0) is 22.4. The molecule has 1 aliphatic rings. The summed E-state index contributed by atoms with van der Waals surface area (Å²) >= 11 is 0. The number of anilines is 2. The van der Waals surface area contributed by atoms with E-state index in [0.29, 0.717) is 18.6 Å². The van der Waals surface area contributed by atoms with Crippen LogP contribution < -0.4 is 15.0 Å². The van der Waals surface area contributed by atoms with E-state index in [1.807, 2.05) is 38.1 Å². The number of aliphatic carboxylic acids is 1. The Morgan fingerprint density at radius 1 is 1.32 bits per heavy atom. The Morgan fingerprint density at radius 3 is 2.71 bits per heavy atom. The second kappa shape index (κ2) is 10.0. The molecule has 0 bridgehead atoms. The molecular weight excluding hydrogens is 399 g/mol. The van der Waals surface area contributed by atoms with Crippen LogP contribution >= 0.6 is 0 Å². The number of rotatable bonds is 10. The van der Waals surface area contributed by atoms with Crippen molar-refractivity contribution in [1.29, 1.82) is 0 Å². The van der Waals surface area contributed by atoms with E-state index >= 15 is 0 Å². The van der Waals surface area contributed by atoms with Crippen LogP contribution in [0.25, 0.3) is 0 Å². The number of ether oxygens (including phenoxy) is 2. The SMILES string of the molecule is CCC(Cc1ccc(NCCCN2CC(C)Oc3cc(F)ccc32)cc1)(OC)C(=O)O. The van der Waals surface area contributed by atoms with E-state index < -0.39 is 11.6 Å². The van der Waals surface area contributed by atoms with Gasteiger partial charge in [0, 0.05) is 38.4 Å². The third-order valence-corrected chi connectivity index (χ3v) is 5.80. The highest BCUT2D eigenvalue weighted by molar-refractivity contribution is 5.78. The molecule has 6 nitrogen and oxygen atoms in total. The van der Waals surface area contributed by atoms with Gasteiger partial charge in [-0.15, -0.1) is 0 Å². The van der Waals surface area contributed by atoms with Crippen LogP contribution in [0.15, 0.2) is 42.5 Å². The van der Waals surface area contributed by atoms with Gasteiger partial charge in [-0.25, -0.2) is 9.18 Å². The molecule has 31 heavy (non-hydrogen) atoms. The molecule has 1 aliphatic heterocycles. The summed E-state index contributed by atoms with van der Waals surface area (Å²) in [5, 5.41) is 12.9. The van der Waals surface area contributed by atoms with Gasteiger partial charge >= 0.3 is 5.97 Å². The minimum absolute atomic E-state index is 0.0166. The number of fused-ring (bicyclic) bond motifs is 1. The molecule has 0 saturated heterocycles. The molecule has 2 unspecified atom stereocenters. The molecule has 0 fully saturated rings. The number of hydrogen-bond donors (Lipinski definition) is 2. The molecule has 2 atom stereocenters. The van der Waals surface area contributed by atoms with Crippen molar-refractivity contribution in [1.82, 2.24) is 0 Å². The lowest BCUT2D eigenvalue weighted by molar-refractivity contribution is -0.162. The Labute approximate surface area is 183 Å². The Morgan fingerprint density at radius 2 is 2.06 bits per heavy atom. The van der Waals surface area contributed by atoms with Gasteiger partial charge in [0.25, 0.3) is 0 Å². The Bertz CT molecular complexity index is 884. The first-order chi connectivity index (χ1) is 14.9. The van der Waals surface area contributed by atoms with Gasteiger partial charge in [0.05, 0.1) is 12.2 Å².